The predicted molar refractivity (Wildman–Crippen MR) is 98.6 cm³/mol. The number of hydrogen-bond acceptors (Lipinski definition) is 4. The number of amides is 1. The molecule has 2 aliphatic rings. The van der Waals surface area contributed by atoms with Gasteiger partial charge in [0, 0.05) is 18.0 Å². The molecule has 0 N–H and O–H groups in total. The lowest BCUT2D eigenvalue weighted by Crippen LogP contribution is -2.33. The minimum Gasteiger partial charge on any atom is -0.497 e. The second-order valence-corrected chi connectivity index (χ2v) is 6.78. The molecule has 1 fully saturated rings. The third kappa shape index (κ3) is 3.21. The first kappa shape index (κ1) is 16.8. The number of benzene rings is 2. The van der Waals surface area contributed by atoms with Gasteiger partial charge in [0.2, 0.25) is 5.91 Å². The van der Waals surface area contributed by atoms with Crippen LogP contribution in [-0.4, -0.2) is 38.2 Å². The molecule has 0 unspecified atom stereocenters. The molecule has 1 amide bonds. The van der Waals surface area contributed by atoms with E-state index in [1.165, 1.54) is 0 Å². The molecule has 1 heterocycles. The molecule has 0 spiro atoms. The van der Waals surface area contributed by atoms with Crippen molar-refractivity contribution in [3.05, 3.63) is 42.0 Å². The highest BCUT2D eigenvalue weighted by molar-refractivity contribution is 5.81. The molecular weight excluding hydrogens is 330 g/mol. The van der Waals surface area contributed by atoms with Gasteiger partial charge in [-0.1, -0.05) is 12.1 Å². The van der Waals surface area contributed by atoms with Crippen molar-refractivity contribution in [2.24, 2.45) is 5.92 Å². The largest absolute Gasteiger partial charge is 0.497 e. The monoisotopic (exact) mass is 353 g/mol. The molecule has 0 aromatic heterocycles. The third-order valence-electron chi connectivity index (χ3n) is 4.96. The fourth-order valence-electron chi connectivity index (χ4n) is 3.38. The van der Waals surface area contributed by atoms with Gasteiger partial charge in [-0.05, 0) is 48.2 Å². The van der Waals surface area contributed by atoms with Crippen LogP contribution in [-0.2, 0) is 11.3 Å². The Labute approximate surface area is 153 Å². The van der Waals surface area contributed by atoms with Crippen molar-refractivity contribution in [2.45, 2.75) is 19.4 Å². The van der Waals surface area contributed by atoms with E-state index in [1.54, 1.807) is 14.2 Å². The van der Waals surface area contributed by atoms with Gasteiger partial charge in [-0.3, -0.25) is 4.79 Å². The number of carbonyl (C=O) groups is 1. The average Bonchev–Trinajstić information content (AvgIpc) is 3.53. The van der Waals surface area contributed by atoms with E-state index < -0.39 is 0 Å². The molecule has 26 heavy (non-hydrogen) atoms. The van der Waals surface area contributed by atoms with Gasteiger partial charge >= 0.3 is 0 Å². The van der Waals surface area contributed by atoms with E-state index >= 15 is 0 Å². The number of rotatable bonds is 4. The van der Waals surface area contributed by atoms with Crippen LogP contribution in [0, 0.1) is 5.92 Å². The van der Waals surface area contributed by atoms with Gasteiger partial charge in [0.05, 0.1) is 20.8 Å². The maximum atomic E-state index is 12.5. The maximum absolute atomic E-state index is 12.5. The van der Waals surface area contributed by atoms with Crippen LogP contribution in [0.25, 0.3) is 11.1 Å². The van der Waals surface area contributed by atoms with E-state index in [1.807, 2.05) is 35.2 Å². The minimum absolute atomic E-state index is 0.208. The van der Waals surface area contributed by atoms with Crippen molar-refractivity contribution in [3.63, 3.8) is 0 Å². The molecule has 136 valence electrons. The Hall–Kier alpha value is -2.69. The molecule has 0 atom stereocenters. The normalized spacial score (nSPS) is 16.3. The highest BCUT2D eigenvalue weighted by Gasteiger charge is 2.34. The maximum Gasteiger partial charge on any atom is 0.226 e. The van der Waals surface area contributed by atoms with Gasteiger partial charge in [0.15, 0.2) is 11.5 Å². The molecule has 0 saturated heterocycles. The Morgan fingerprint density at radius 1 is 1.12 bits per heavy atom. The van der Waals surface area contributed by atoms with Crippen molar-refractivity contribution >= 4 is 5.91 Å². The lowest BCUT2D eigenvalue weighted by atomic mass is 10.0. The van der Waals surface area contributed by atoms with Gasteiger partial charge < -0.3 is 19.1 Å². The molecule has 5 heteroatoms. The van der Waals surface area contributed by atoms with E-state index in [4.69, 9.17) is 14.2 Å². The zero-order valence-corrected chi connectivity index (χ0v) is 15.2. The smallest absolute Gasteiger partial charge is 0.226 e. The van der Waals surface area contributed by atoms with E-state index in [2.05, 4.69) is 6.07 Å². The lowest BCUT2D eigenvalue weighted by molar-refractivity contribution is -0.133. The molecule has 5 nitrogen and oxygen atoms in total. The Bertz CT molecular complexity index is 829. The zero-order chi connectivity index (χ0) is 18.1. The first-order chi connectivity index (χ1) is 12.7. The summed E-state index contributed by atoms with van der Waals surface area (Å²) in [5.74, 6) is 2.69. The van der Waals surface area contributed by atoms with Crippen molar-refractivity contribution in [1.29, 1.82) is 0 Å². The van der Waals surface area contributed by atoms with Crippen LogP contribution in [0.3, 0.4) is 0 Å². The Morgan fingerprint density at radius 3 is 2.69 bits per heavy atom. The number of hydrogen-bond donors (Lipinski definition) is 0. The van der Waals surface area contributed by atoms with Gasteiger partial charge in [-0.25, -0.2) is 0 Å². The number of carbonyl (C=O) groups excluding carboxylic acids is 1. The van der Waals surface area contributed by atoms with Crippen LogP contribution in [0.15, 0.2) is 36.4 Å². The van der Waals surface area contributed by atoms with Crippen LogP contribution in [0.2, 0.25) is 0 Å². The van der Waals surface area contributed by atoms with Crippen molar-refractivity contribution in [1.82, 2.24) is 4.90 Å². The first-order valence-electron chi connectivity index (χ1n) is 8.96. The second kappa shape index (κ2) is 6.90. The number of methoxy groups -OCH3 is 2. The average molecular weight is 353 g/mol. The van der Waals surface area contributed by atoms with Gasteiger partial charge in [-0.15, -0.1) is 0 Å². The Balaban J connectivity index is 1.73. The lowest BCUT2D eigenvalue weighted by Gasteiger charge is -2.20. The molecule has 0 bridgehead atoms. The van der Waals surface area contributed by atoms with Crippen LogP contribution in [0.1, 0.15) is 18.4 Å². The summed E-state index contributed by atoms with van der Waals surface area (Å²) >= 11 is 0. The highest BCUT2D eigenvalue weighted by atomic mass is 16.5. The SMILES string of the molecule is COc1cccc(-c2cc3c(c(OC)c2)OCCN(C(=O)C2CC2)C3)c1. The van der Waals surface area contributed by atoms with E-state index in [0.29, 0.717) is 25.4 Å². The fourth-order valence-corrected chi connectivity index (χ4v) is 3.38. The summed E-state index contributed by atoms with van der Waals surface area (Å²) < 4.78 is 16.9. The predicted octanol–water partition coefficient (Wildman–Crippen LogP) is 3.50. The summed E-state index contributed by atoms with van der Waals surface area (Å²) in [6.45, 7) is 1.65. The number of nitrogens with zero attached hydrogens (tertiary/aromatic N) is 1. The molecule has 0 radical (unpaired) electrons. The zero-order valence-electron chi connectivity index (χ0n) is 15.2. The van der Waals surface area contributed by atoms with Crippen LogP contribution in [0.5, 0.6) is 17.2 Å². The molecule has 2 aromatic carbocycles. The molecule has 2 aromatic rings. The van der Waals surface area contributed by atoms with E-state index in [0.717, 1.165) is 41.0 Å². The summed E-state index contributed by atoms with van der Waals surface area (Å²) in [7, 11) is 3.30. The highest BCUT2D eigenvalue weighted by Crippen LogP contribution is 2.40. The molecule has 1 aliphatic carbocycles. The molecule has 1 saturated carbocycles. The van der Waals surface area contributed by atoms with Gasteiger partial charge in [0.25, 0.3) is 0 Å². The summed E-state index contributed by atoms with van der Waals surface area (Å²) in [6.07, 6.45) is 2.02. The standard InChI is InChI=1S/C21H23NO4/c1-24-18-5-3-4-15(11-18)16-10-17-13-22(21(23)14-6-7-14)8-9-26-20(17)19(12-16)25-2/h3-5,10-12,14H,6-9,13H2,1-2H3. The molecule has 1 aliphatic heterocycles. The quantitative estimate of drug-likeness (QED) is 0.844. The summed E-state index contributed by atoms with van der Waals surface area (Å²) in [6, 6.07) is 12.0. The Kier molecular flexibility index (Phi) is 4.45. The van der Waals surface area contributed by atoms with E-state index in [9.17, 15) is 4.79 Å². The van der Waals surface area contributed by atoms with E-state index in [-0.39, 0.29) is 11.8 Å². The van der Waals surface area contributed by atoms with Crippen molar-refractivity contribution in [2.75, 3.05) is 27.4 Å². The van der Waals surface area contributed by atoms with Crippen molar-refractivity contribution < 1.29 is 19.0 Å². The third-order valence-corrected chi connectivity index (χ3v) is 4.96. The van der Waals surface area contributed by atoms with Gasteiger partial charge in [-0.2, -0.15) is 0 Å². The summed E-state index contributed by atoms with van der Waals surface area (Å²) in [4.78, 5) is 14.5. The second-order valence-electron chi connectivity index (χ2n) is 6.78. The van der Waals surface area contributed by atoms with Gasteiger partial charge in [0.1, 0.15) is 12.4 Å². The van der Waals surface area contributed by atoms with Crippen LogP contribution >= 0.6 is 0 Å². The molecule has 4 rings (SSSR count). The number of ether oxygens (including phenoxy) is 3. The first-order valence-corrected chi connectivity index (χ1v) is 8.96. The fraction of sp³-hybridized carbons (Fsp3) is 0.381. The Morgan fingerprint density at radius 2 is 1.96 bits per heavy atom. The van der Waals surface area contributed by atoms with Crippen LogP contribution < -0.4 is 14.2 Å². The topological polar surface area (TPSA) is 48.0 Å². The van der Waals surface area contributed by atoms with Crippen LogP contribution in [0.4, 0.5) is 0 Å². The molecular formula is C21H23NO4. The summed E-state index contributed by atoms with van der Waals surface area (Å²) in [5, 5.41) is 0. The van der Waals surface area contributed by atoms with Crippen molar-refractivity contribution in [3.8, 4) is 28.4 Å². The minimum atomic E-state index is 0.208. The number of fused-ring (bicyclic) bond motifs is 1. The summed E-state index contributed by atoms with van der Waals surface area (Å²) in [5.41, 5.74) is 3.03.